The van der Waals surface area contributed by atoms with Crippen LogP contribution >= 0.6 is 0 Å². The van der Waals surface area contributed by atoms with Gasteiger partial charge in [0.15, 0.2) is 0 Å². The lowest BCUT2D eigenvalue weighted by Gasteiger charge is -2.65. The van der Waals surface area contributed by atoms with Gasteiger partial charge in [-0.1, -0.05) is 59.8 Å². The van der Waals surface area contributed by atoms with Crippen LogP contribution in [-0.4, -0.2) is 70.9 Å². The fraction of sp³-hybridized carbons (Fsp3) is 1.00. The van der Waals surface area contributed by atoms with Crippen molar-refractivity contribution in [1.29, 1.82) is 0 Å². The molecule has 7 N–H and O–H groups in total. The monoisotopic (exact) mass is 677 g/mol. The highest BCUT2D eigenvalue weighted by Gasteiger charge is 2.66. The van der Waals surface area contributed by atoms with Crippen molar-refractivity contribution in [3.05, 3.63) is 0 Å². The Balaban J connectivity index is 1.46. The highest BCUT2D eigenvalue weighted by atomic mass is 16.5. The molecule has 0 spiro atoms. The van der Waals surface area contributed by atoms with Crippen LogP contribution < -0.4 is 22.5 Å². The number of nitrogens with two attached hydrogens (primary N) is 3. The van der Waals surface area contributed by atoms with Crippen LogP contribution in [0.15, 0.2) is 0 Å². The second-order valence-corrected chi connectivity index (χ2v) is 17.1. The van der Waals surface area contributed by atoms with Crippen molar-refractivity contribution in [3.63, 3.8) is 0 Å². The summed E-state index contributed by atoms with van der Waals surface area (Å²) in [7, 11) is 0. The van der Waals surface area contributed by atoms with Gasteiger partial charge in [-0.3, -0.25) is 0 Å². The van der Waals surface area contributed by atoms with E-state index in [0.29, 0.717) is 78.9 Å². The molecular formula is C41H80N4O3. The summed E-state index contributed by atoms with van der Waals surface area (Å²) in [6, 6.07) is 0. The third-order valence-corrected chi connectivity index (χ3v) is 14.2. The Labute approximate surface area is 296 Å². The van der Waals surface area contributed by atoms with E-state index in [0.717, 1.165) is 52.0 Å². The molecule has 0 radical (unpaired) electrons. The van der Waals surface area contributed by atoms with E-state index in [1.54, 1.807) is 0 Å². The van der Waals surface area contributed by atoms with Gasteiger partial charge in [-0.05, 0) is 157 Å². The Hall–Kier alpha value is -0.280. The molecule has 4 aliphatic rings. The second-order valence-electron chi connectivity index (χ2n) is 17.1. The largest absolute Gasteiger partial charge is 0.378 e. The molecule has 7 heteroatoms. The van der Waals surface area contributed by atoms with Crippen LogP contribution in [0.1, 0.15) is 143 Å². The molecule has 0 amide bonds. The van der Waals surface area contributed by atoms with E-state index in [-0.39, 0.29) is 5.41 Å². The topological polar surface area (TPSA) is 118 Å². The zero-order chi connectivity index (χ0) is 34.4. The summed E-state index contributed by atoms with van der Waals surface area (Å²) < 4.78 is 20.4. The molecule has 3 unspecified atom stereocenters. The second kappa shape index (κ2) is 20.7. The fourth-order valence-corrected chi connectivity index (χ4v) is 11.5. The maximum atomic E-state index is 7.03. The molecule has 0 aliphatic heterocycles. The first-order valence-corrected chi connectivity index (χ1v) is 21.0. The van der Waals surface area contributed by atoms with Gasteiger partial charge in [0.1, 0.15) is 0 Å². The van der Waals surface area contributed by atoms with Crippen molar-refractivity contribution in [2.45, 2.75) is 162 Å². The van der Waals surface area contributed by atoms with Gasteiger partial charge in [0.25, 0.3) is 0 Å². The zero-order valence-corrected chi connectivity index (χ0v) is 32.0. The normalized spacial score (nSPS) is 36.8. The first kappa shape index (κ1) is 40.5. The molecule has 4 saturated carbocycles. The van der Waals surface area contributed by atoms with Crippen LogP contribution in [0.25, 0.3) is 0 Å². The minimum absolute atomic E-state index is 0.183. The molecule has 7 nitrogen and oxygen atoms in total. The molecule has 0 aromatic heterocycles. The average molecular weight is 677 g/mol. The number of hydrogen-bond donors (Lipinski definition) is 4. The highest BCUT2D eigenvalue weighted by molar-refractivity contribution is 5.15. The SMILES string of the molecule is CCCCCCCCNCCC[C@@H](C)[C@H]1CC[C@H]2C3[C@H](OCCCN)CC4C[C@H](OCCCN)CC[C@]4(C)[C@H]3C[C@H](OCCCN)C12C. The van der Waals surface area contributed by atoms with E-state index in [1.807, 2.05) is 0 Å². The molecule has 0 aromatic rings. The van der Waals surface area contributed by atoms with Crippen molar-refractivity contribution in [3.8, 4) is 0 Å². The molecule has 0 saturated heterocycles. The molecular weight excluding hydrogens is 596 g/mol. The number of rotatable bonds is 24. The van der Waals surface area contributed by atoms with Crippen molar-refractivity contribution in [2.75, 3.05) is 52.5 Å². The maximum absolute atomic E-state index is 7.03. The Morgan fingerprint density at radius 2 is 1.38 bits per heavy atom. The van der Waals surface area contributed by atoms with Gasteiger partial charge in [-0.15, -0.1) is 0 Å². The lowest BCUT2D eigenvalue weighted by atomic mass is 9.43. The lowest BCUT2D eigenvalue weighted by Crippen LogP contribution is -2.63. The van der Waals surface area contributed by atoms with Gasteiger partial charge >= 0.3 is 0 Å². The summed E-state index contributed by atoms with van der Waals surface area (Å²) in [5.74, 6) is 3.92. The number of ether oxygens (including phenoxy) is 3. The van der Waals surface area contributed by atoms with Crippen LogP contribution in [0.4, 0.5) is 0 Å². The summed E-state index contributed by atoms with van der Waals surface area (Å²) in [4.78, 5) is 0. The van der Waals surface area contributed by atoms with Crippen LogP contribution in [-0.2, 0) is 14.2 Å². The molecule has 48 heavy (non-hydrogen) atoms. The summed E-state index contributed by atoms with van der Waals surface area (Å²) in [5.41, 5.74) is 18.3. The quantitative estimate of drug-likeness (QED) is 0.0786. The van der Waals surface area contributed by atoms with Crippen LogP contribution in [0.3, 0.4) is 0 Å². The van der Waals surface area contributed by atoms with Crippen LogP contribution in [0.2, 0.25) is 0 Å². The van der Waals surface area contributed by atoms with Crippen molar-refractivity contribution >= 4 is 0 Å². The lowest BCUT2D eigenvalue weighted by molar-refractivity contribution is -0.227. The Kier molecular flexibility index (Phi) is 17.4. The predicted octanol–water partition coefficient (Wildman–Crippen LogP) is 7.43. The summed E-state index contributed by atoms with van der Waals surface area (Å²) >= 11 is 0. The molecule has 282 valence electrons. The van der Waals surface area contributed by atoms with Gasteiger partial charge in [-0.2, -0.15) is 0 Å². The van der Waals surface area contributed by atoms with Crippen molar-refractivity contribution in [2.24, 2.45) is 63.5 Å². The van der Waals surface area contributed by atoms with Crippen LogP contribution in [0, 0.1) is 46.3 Å². The van der Waals surface area contributed by atoms with E-state index < -0.39 is 0 Å². The minimum Gasteiger partial charge on any atom is -0.378 e. The third-order valence-electron chi connectivity index (χ3n) is 14.2. The minimum atomic E-state index is 0.183. The van der Waals surface area contributed by atoms with Crippen molar-refractivity contribution in [1.82, 2.24) is 5.32 Å². The van der Waals surface area contributed by atoms with Crippen molar-refractivity contribution < 1.29 is 14.2 Å². The summed E-state index contributed by atoms with van der Waals surface area (Å²) in [6.07, 6.45) is 23.2. The average Bonchev–Trinajstić information content (AvgIpc) is 3.44. The van der Waals surface area contributed by atoms with E-state index in [2.05, 4.69) is 33.0 Å². The first-order chi connectivity index (χ1) is 23.3. The van der Waals surface area contributed by atoms with Gasteiger partial charge in [0.05, 0.1) is 18.3 Å². The molecule has 0 heterocycles. The molecule has 0 aromatic carbocycles. The standard InChI is InChI=1S/C41H80N4O3/c1-5-6-7-8-9-10-23-45-24-11-15-31(2)34-16-17-35-39-36(30-38(41(34,35)4)48-27-14-22-44)40(3)19-18-33(46-25-12-20-42)28-32(40)29-37(39)47-26-13-21-43/h31-39,45H,5-30,42-44H2,1-4H3/t31-,32?,33-,34-,35+,36+,37-,38+,39?,40+,41?/m1/s1. The molecule has 4 fully saturated rings. The zero-order valence-electron chi connectivity index (χ0n) is 32.0. The van der Waals surface area contributed by atoms with Gasteiger partial charge in [-0.25, -0.2) is 0 Å². The number of hydrogen-bond acceptors (Lipinski definition) is 7. The van der Waals surface area contributed by atoms with E-state index in [1.165, 1.54) is 96.4 Å². The molecule has 4 aliphatic carbocycles. The van der Waals surface area contributed by atoms with Gasteiger partial charge in [0, 0.05) is 25.2 Å². The highest BCUT2D eigenvalue weighted by Crippen LogP contribution is 2.69. The Morgan fingerprint density at radius 3 is 2.10 bits per heavy atom. The van der Waals surface area contributed by atoms with E-state index >= 15 is 0 Å². The van der Waals surface area contributed by atoms with Gasteiger partial charge in [0.2, 0.25) is 0 Å². The first-order valence-electron chi connectivity index (χ1n) is 21.0. The number of nitrogens with one attached hydrogen (secondary N) is 1. The molecule has 0 bridgehead atoms. The number of unbranched alkanes of at least 4 members (excludes halogenated alkanes) is 5. The van der Waals surface area contributed by atoms with E-state index in [9.17, 15) is 0 Å². The van der Waals surface area contributed by atoms with Gasteiger partial charge < -0.3 is 36.7 Å². The Bertz CT molecular complexity index is 879. The smallest absolute Gasteiger partial charge is 0.0637 e. The third kappa shape index (κ3) is 9.98. The summed E-state index contributed by atoms with van der Waals surface area (Å²) in [6.45, 7) is 17.0. The molecule has 11 atom stereocenters. The van der Waals surface area contributed by atoms with Crippen LogP contribution in [0.5, 0.6) is 0 Å². The summed E-state index contributed by atoms with van der Waals surface area (Å²) in [5, 5.41) is 3.77. The predicted molar refractivity (Wildman–Crippen MR) is 201 cm³/mol. The Morgan fingerprint density at radius 1 is 0.708 bits per heavy atom. The molecule has 4 rings (SSSR count). The fourth-order valence-electron chi connectivity index (χ4n) is 11.5. The number of fused-ring (bicyclic) bond motifs is 5. The maximum Gasteiger partial charge on any atom is 0.0637 e. The van der Waals surface area contributed by atoms with E-state index in [4.69, 9.17) is 31.4 Å².